The Morgan fingerprint density at radius 2 is 1.55 bits per heavy atom. The maximum atomic E-state index is 12.4. The molecule has 0 saturated carbocycles. The van der Waals surface area contributed by atoms with Gasteiger partial charge in [0.25, 0.3) is 5.91 Å². The first-order valence-electron chi connectivity index (χ1n) is 6.03. The van der Waals surface area contributed by atoms with Crippen molar-refractivity contribution in [3.63, 3.8) is 0 Å². The van der Waals surface area contributed by atoms with Gasteiger partial charge < -0.3 is 20.5 Å². The van der Waals surface area contributed by atoms with Crippen LogP contribution in [0.15, 0.2) is 42.5 Å². The van der Waals surface area contributed by atoms with Crippen molar-refractivity contribution in [2.75, 3.05) is 25.3 Å². The second-order valence-corrected chi connectivity index (χ2v) is 4.11. The average molecular weight is 272 g/mol. The highest BCUT2D eigenvalue weighted by Crippen LogP contribution is 2.29. The van der Waals surface area contributed by atoms with E-state index in [0.717, 1.165) is 0 Å². The van der Waals surface area contributed by atoms with Crippen LogP contribution >= 0.6 is 0 Å². The quantitative estimate of drug-likeness (QED) is 0.839. The third kappa shape index (κ3) is 2.83. The fourth-order valence-electron chi connectivity index (χ4n) is 1.84. The fraction of sp³-hybridized carbons (Fsp3) is 0.133. The number of rotatable bonds is 4. The summed E-state index contributed by atoms with van der Waals surface area (Å²) in [6.07, 6.45) is 0. The summed E-state index contributed by atoms with van der Waals surface area (Å²) < 4.78 is 10.4. The van der Waals surface area contributed by atoms with Crippen molar-refractivity contribution in [1.82, 2.24) is 0 Å². The molecule has 0 aromatic heterocycles. The van der Waals surface area contributed by atoms with E-state index in [9.17, 15) is 4.79 Å². The predicted octanol–water partition coefficient (Wildman–Crippen LogP) is 2.54. The van der Waals surface area contributed by atoms with Crippen molar-refractivity contribution in [3.8, 4) is 11.5 Å². The Bertz CT molecular complexity index is 587. The van der Waals surface area contributed by atoms with Crippen molar-refractivity contribution >= 4 is 17.3 Å². The van der Waals surface area contributed by atoms with Gasteiger partial charge in [0, 0.05) is 11.4 Å². The van der Waals surface area contributed by atoms with E-state index >= 15 is 0 Å². The molecule has 0 saturated heterocycles. The first kappa shape index (κ1) is 13.7. The summed E-state index contributed by atoms with van der Waals surface area (Å²) in [5.74, 6) is 0.610. The van der Waals surface area contributed by atoms with E-state index in [1.165, 1.54) is 14.2 Å². The van der Waals surface area contributed by atoms with Crippen LogP contribution in [-0.4, -0.2) is 20.1 Å². The second kappa shape index (κ2) is 5.97. The van der Waals surface area contributed by atoms with Gasteiger partial charge in [0.15, 0.2) is 0 Å². The molecule has 20 heavy (non-hydrogen) atoms. The monoisotopic (exact) mass is 272 g/mol. The fourth-order valence-corrected chi connectivity index (χ4v) is 1.84. The number of carbonyl (C=O) groups is 1. The highest BCUT2D eigenvalue weighted by molar-refractivity contribution is 6.08. The lowest BCUT2D eigenvalue weighted by molar-refractivity contribution is 0.102. The summed E-state index contributed by atoms with van der Waals surface area (Å²) in [5, 5.41) is 2.78. The topological polar surface area (TPSA) is 73.6 Å². The van der Waals surface area contributed by atoms with Gasteiger partial charge in [0.2, 0.25) is 0 Å². The van der Waals surface area contributed by atoms with E-state index in [-0.39, 0.29) is 5.91 Å². The lowest BCUT2D eigenvalue weighted by Crippen LogP contribution is -2.14. The number of carbonyl (C=O) groups excluding carboxylic acids is 1. The largest absolute Gasteiger partial charge is 0.496 e. The number of amides is 1. The second-order valence-electron chi connectivity index (χ2n) is 4.11. The van der Waals surface area contributed by atoms with Gasteiger partial charge in [0.1, 0.15) is 17.1 Å². The van der Waals surface area contributed by atoms with Crippen molar-refractivity contribution in [2.45, 2.75) is 0 Å². The maximum Gasteiger partial charge on any atom is 0.263 e. The van der Waals surface area contributed by atoms with Crippen LogP contribution in [0.3, 0.4) is 0 Å². The normalized spacial score (nSPS) is 9.90. The summed E-state index contributed by atoms with van der Waals surface area (Å²) in [7, 11) is 3.02. The SMILES string of the molecule is COc1cccc(OC)c1C(=O)Nc1ccc(N)cc1. The van der Waals surface area contributed by atoms with Crippen LogP contribution in [0, 0.1) is 0 Å². The van der Waals surface area contributed by atoms with Crippen LogP contribution in [0.25, 0.3) is 0 Å². The molecular weight excluding hydrogens is 256 g/mol. The minimum atomic E-state index is -0.302. The molecule has 0 spiro atoms. The van der Waals surface area contributed by atoms with E-state index in [0.29, 0.717) is 28.4 Å². The number of nitrogens with two attached hydrogens (primary N) is 1. The molecule has 2 aromatic rings. The van der Waals surface area contributed by atoms with Gasteiger partial charge in [-0.2, -0.15) is 0 Å². The number of hydrogen-bond acceptors (Lipinski definition) is 4. The number of nitrogens with one attached hydrogen (secondary N) is 1. The summed E-state index contributed by atoms with van der Waals surface area (Å²) in [6, 6.07) is 12.1. The van der Waals surface area contributed by atoms with E-state index in [1.54, 1.807) is 42.5 Å². The summed E-state index contributed by atoms with van der Waals surface area (Å²) in [5.41, 5.74) is 7.25. The van der Waals surface area contributed by atoms with Crippen molar-refractivity contribution in [2.24, 2.45) is 0 Å². The summed E-state index contributed by atoms with van der Waals surface area (Å²) >= 11 is 0. The predicted molar refractivity (Wildman–Crippen MR) is 78.4 cm³/mol. The van der Waals surface area contributed by atoms with E-state index in [1.807, 2.05) is 0 Å². The molecule has 3 N–H and O–H groups in total. The molecule has 0 aliphatic carbocycles. The first-order valence-corrected chi connectivity index (χ1v) is 6.03. The molecule has 0 aliphatic rings. The standard InChI is InChI=1S/C15H16N2O3/c1-19-12-4-3-5-13(20-2)14(12)15(18)17-11-8-6-10(16)7-9-11/h3-9H,16H2,1-2H3,(H,17,18). The Hall–Kier alpha value is -2.69. The molecule has 0 aliphatic heterocycles. The van der Waals surface area contributed by atoms with E-state index < -0.39 is 0 Å². The maximum absolute atomic E-state index is 12.4. The van der Waals surface area contributed by atoms with E-state index in [2.05, 4.69) is 5.32 Å². The highest BCUT2D eigenvalue weighted by Gasteiger charge is 2.18. The van der Waals surface area contributed by atoms with Gasteiger partial charge in [-0.3, -0.25) is 4.79 Å². The van der Waals surface area contributed by atoms with Crippen LogP contribution in [0.2, 0.25) is 0 Å². The Morgan fingerprint density at radius 1 is 1.00 bits per heavy atom. The summed E-state index contributed by atoms with van der Waals surface area (Å²) in [6.45, 7) is 0. The lowest BCUT2D eigenvalue weighted by Gasteiger charge is -2.13. The smallest absolute Gasteiger partial charge is 0.263 e. The molecule has 0 heterocycles. The third-order valence-corrected chi connectivity index (χ3v) is 2.82. The molecule has 2 rings (SSSR count). The zero-order chi connectivity index (χ0) is 14.5. The minimum Gasteiger partial charge on any atom is -0.496 e. The van der Waals surface area contributed by atoms with Gasteiger partial charge >= 0.3 is 0 Å². The van der Waals surface area contributed by atoms with Crippen LogP contribution < -0.4 is 20.5 Å². The first-order chi connectivity index (χ1) is 9.65. The zero-order valence-corrected chi connectivity index (χ0v) is 11.3. The number of methoxy groups -OCH3 is 2. The van der Waals surface area contributed by atoms with Crippen molar-refractivity contribution in [1.29, 1.82) is 0 Å². The molecule has 0 atom stereocenters. The molecule has 1 amide bonds. The van der Waals surface area contributed by atoms with E-state index in [4.69, 9.17) is 15.2 Å². The molecule has 0 bridgehead atoms. The minimum absolute atomic E-state index is 0.302. The highest BCUT2D eigenvalue weighted by atomic mass is 16.5. The molecule has 2 aromatic carbocycles. The van der Waals surface area contributed by atoms with Crippen molar-refractivity contribution < 1.29 is 14.3 Å². The van der Waals surface area contributed by atoms with Gasteiger partial charge in [-0.15, -0.1) is 0 Å². The average Bonchev–Trinajstić information content (AvgIpc) is 2.48. The molecule has 5 heteroatoms. The Balaban J connectivity index is 2.31. The Morgan fingerprint density at radius 3 is 2.05 bits per heavy atom. The molecule has 5 nitrogen and oxygen atoms in total. The van der Waals surface area contributed by atoms with Crippen LogP contribution in [0.1, 0.15) is 10.4 Å². The summed E-state index contributed by atoms with van der Waals surface area (Å²) in [4.78, 5) is 12.4. The molecule has 0 radical (unpaired) electrons. The Kier molecular flexibility index (Phi) is 4.10. The van der Waals surface area contributed by atoms with Gasteiger partial charge in [-0.25, -0.2) is 0 Å². The molecule has 104 valence electrons. The third-order valence-electron chi connectivity index (χ3n) is 2.82. The number of nitrogen functional groups attached to an aromatic ring is 1. The number of benzene rings is 2. The number of hydrogen-bond donors (Lipinski definition) is 2. The Labute approximate surface area is 117 Å². The molecule has 0 fully saturated rings. The van der Waals surface area contributed by atoms with Crippen LogP contribution in [0.4, 0.5) is 11.4 Å². The van der Waals surface area contributed by atoms with Gasteiger partial charge in [-0.1, -0.05) is 6.07 Å². The zero-order valence-electron chi connectivity index (χ0n) is 11.3. The molecule has 0 unspecified atom stereocenters. The van der Waals surface area contributed by atoms with Crippen LogP contribution in [0.5, 0.6) is 11.5 Å². The van der Waals surface area contributed by atoms with Crippen molar-refractivity contribution in [3.05, 3.63) is 48.0 Å². The lowest BCUT2D eigenvalue weighted by atomic mass is 10.1. The number of ether oxygens (including phenoxy) is 2. The van der Waals surface area contributed by atoms with Crippen LogP contribution in [-0.2, 0) is 0 Å². The molecular formula is C15H16N2O3. The number of anilines is 2. The van der Waals surface area contributed by atoms with Gasteiger partial charge in [-0.05, 0) is 36.4 Å². The van der Waals surface area contributed by atoms with Gasteiger partial charge in [0.05, 0.1) is 14.2 Å².